The highest BCUT2D eigenvalue weighted by atomic mass is 16.3. The van der Waals surface area contributed by atoms with Gasteiger partial charge in [-0.2, -0.15) is 0 Å². The number of aryl methyl sites for hydroxylation is 1. The van der Waals surface area contributed by atoms with Crippen LogP contribution >= 0.6 is 0 Å². The summed E-state index contributed by atoms with van der Waals surface area (Å²) in [6, 6.07) is 8.21. The van der Waals surface area contributed by atoms with E-state index < -0.39 is 5.60 Å². The molecule has 0 aliphatic heterocycles. The van der Waals surface area contributed by atoms with Crippen LogP contribution in [0.5, 0.6) is 0 Å². The minimum Gasteiger partial charge on any atom is -0.385 e. The van der Waals surface area contributed by atoms with Crippen molar-refractivity contribution in [1.29, 1.82) is 0 Å². The van der Waals surface area contributed by atoms with Crippen molar-refractivity contribution in [2.45, 2.75) is 39.7 Å². The molecule has 0 saturated heterocycles. The molecule has 0 heterocycles. The van der Waals surface area contributed by atoms with Gasteiger partial charge in [-0.15, -0.1) is 0 Å². The lowest BCUT2D eigenvalue weighted by molar-refractivity contribution is 0.00899. The second-order valence-electron chi connectivity index (χ2n) is 4.36. The summed E-state index contributed by atoms with van der Waals surface area (Å²) in [7, 11) is 0. The highest BCUT2D eigenvalue weighted by Crippen LogP contribution is 2.29. The van der Waals surface area contributed by atoms with E-state index in [4.69, 9.17) is 0 Å². The number of hydrogen-bond donors (Lipinski definition) is 1. The number of hydrogen-bond acceptors (Lipinski definition) is 1. The SMILES string of the molecule is CCc1cccc([C@](C)(O)C(C)C)c1. The van der Waals surface area contributed by atoms with E-state index in [2.05, 4.69) is 19.1 Å². The molecule has 1 N–H and O–H groups in total. The minimum atomic E-state index is -0.717. The van der Waals surface area contributed by atoms with Gasteiger partial charge in [0.15, 0.2) is 0 Å². The third-order valence-electron chi connectivity index (χ3n) is 3.04. The lowest BCUT2D eigenvalue weighted by Crippen LogP contribution is -2.27. The average Bonchev–Trinajstić information content (AvgIpc) is 2.17. The Hall–Kier alpha value is -0.820. The number of rotatable bonds is 3. The summed E-state index contributed by atoms with van der Waals surface area (Å²) in [4.78, 5) is 0. The minimum absolute atomic E-state index is 0.231. The molecule has 1 rings (SSSR count). The number of benzene rings is 1. The monoisotopic (exact) mass is 192 g/mol. The Morgan fingerprint density at radius 3 is 2.50 bits per heavy atom. The van der Waals surface area contributed by atoms with Crippen LogP contribution in [0.2, 0.25) is 0 Å². The van der Waals surface area contributed by atoms with Crippen LogP contribution in [-0.2, 0) is 12.0 Å². The molecule has 0 aliphatic rings. The van der Waals surface area contributed by atoms with Crippen molar-refractivity contribution in [1.82, 2.24) is 0 Å². The Morgan fingerprint density at radius 2 is 2.00 bits per heavy atom. The maximum absolute atomic E-state index is 10.3. The van der Waals surface area contributed by atoms with Crippen LogP contribution in [0, 0.1) is 5.92 Å². The lowest BCUT2D eigenvalue weighted by Gasteiger charge is -2.28. The van der Waals surface area contributed by atoms with Crippen molar-refractivity contribution < 1.29 is 5.11 Å². The van der Waals surface area contributed by atoms with E-state index in [1.165, 1.54) is 5.56 Å². The molecule has 0 aromatic heterocycles. The van der Waals surface area contributed by atoms with Crippen molar-refractivity contribution >= 4 is 0 Å². The molecule has 1 heteroatoms. The average molecular weight is 192 g/mol. The summed E-state index contributed by atoms with van der Waals surface area (Å²) >= 11 is 0. The zero-order valence-electron chi connectivity index (χ0n) is 9.54. The topological polar surface area (TPSA) is 20.2 Å². The third-order valence-corrected chi connectivity index (χ3v) is 3.04. The van der Waals surface area contributed by atoms with E-state index in [0.29, 0.717) is 0 Å². The van der Waals surface area contributed by atoms with E-state index >= 15 is 0 Å². The van der Waals surface area contributed by atoms with Gasteiger partial charge in [-0.25, -0.2) is 0 Å². The Labute approximate surface area is 86.8 Å². The van der Waals surface area contributed by atoms with Crippen LogP contribution in [0.4, 0.5) is 0 Å². The predicted octanol–water partition coefficient (Wildman–Crippen LogP) is 3.11. The lowest BCUT2D eigenvalue weighted by atomic mass is 9.84. The van der Waals surface area contributed by atoms with Gasteiger partial charge in [-0.3, -0.25) is 0 Å². The summed E-state index contributed by atoms with van der Waals surface area (Å²) in [5.41, 5.74) is 1.58. The smallest absolute Gasteiger partial charge is 0.0891 e. The summed E-state index contributed by atoms with van der Waals surface area (Å²) in [5.74, 6) is 0.231. The van der Waals surface area contributed by atoms with Crippen LogP contribution in [0.15, 0.2) is 24.3 Å². The van der Waals surface area contributed by atoms with Crippen molar-refractivity contribution in [3.63, 3.8) is 0 Å². The first kappa shape index (κ1) is 11.3. The molecule has 1 nitrogen and oxygen atoms in total. The molecule has 1 atom stereocenters. The van der Waals surface area contributed by atoms with Crippen LogP contribution < -0.4 is 0 Å². The molecule has 0 bridgehead atoms. The van der Waals surface area contributed by atoms with Gasteiger partial charge in [0.05, 0.1) is 5.60 Å². The molecule has 0 spiro atoms. The zero-order chi connectivity index (χ0) is 10.8. The van der Waals surface area contributed by atoms with Crippen molar-refractivity contribution in [2.75, 3.05) is 0 Å². The van der Waals surface area contributed by atoms with E-state index in [1.54, 1.807) is 0 Å². The molecule has 0 amide bonds. The summed E-state index contributed by atoms with van der Waals surface area (Å²) in [5, 5.41) is 10.3. The fourth-order valence-electron chi connectivity index (χ4n) is 1.44. The third kappa shape index (κ3) is 2.16. The highest BCUT2D eigenvalue weighted by Gasteiger charge is 2.26. The number of aliphatic hydroxyl groups is 1. The van der Waals surface area contributed by atoms with Crippen molar-refractivity contribution in [2.24, 2.45) is 5.92 Å². The predicted molar refractivity (Wildman–Crippen MR) is 60.2 cm³/mol. The standard InChI is InChI=1S/C13H20O/c1-5-11-7-6-8-12(9-11)13(4,14)10(2)3/h6-10,14H,5H2,1-4H3/t13-/m1/s1. The molecule has 14 heavy (non-hydrogen) atoms. The summed E-state index contributed by atoms with van der Waals surface area (Å²) < 4.78 is 0. The quantitative estimate of drug-likeness (QED) is 0.780. The van der Waals surface area contributed by atoms with E-state index in [1.807, 2.05) is 32.9 Å². The molecule has 78 valence electrons. The van der Waals surface area contributed by atoms with Gasteiger partial charge in [-0.05, 0) is 30.4 Å². The molecule has 0 radical (unpaired) electrons. The second kappa shape index (κ2) is 4.14. The van der Waals surface area contributed by atoms with Gasteiger partial charge in [0.1, 0.15) is 0 Å². The van der Waals surface area contributed by atoms with Crippen LogP contribution in [-0.4, -0.2) is 5.11 Å². The normalized spacial score (nSPS) is 15.6. The van der Waals surface area contributed by atoms with E-state index in [0.717, 1.165) is 12.0 Å². The Balaban J connectivity index is 3.06. The van der Waals surface area contributed by atoms with Gasteiger partial charge >= 0.3 is 0 Å². The molecule has 0 fully saturated rings. The fraction of sp³-hybridized carbons (Fsp3) is 0.538. The first-order chi connectivity index (χ1) is 6.48. The summed E-state index contributed by atoms with van der Waals surface area (Å²) in [6.07, 6.45) is 1.02. The van der Waals surface area contributed by atoms with Gasteiger partial charge in [-0.1, -0.05) is 45.0 Å². The van der Waals surface area contributed by atoms with Gasteiger partial charge < -0.3 is 5.11 Å². The molecule has 1 aromatic carbocycles. The molecule has 0 unspecified atom stereocenters. The molecular formula is C13H20O. The van der Waals surface area contributed by atoms with Crippen molar-refractivity contribution in [3.8, 4) is 0 Å². The molecular weight excluding hydrogens is 172 g/mol. The maximum Gasteiger partial charge on any atom is 0.0891 e. The second-order valence-corrected chi connectivity index (χ2v) is 4.36. The first-order valence-electron chi connectivity index (χ1n) is 5.30. The fourth-order valence-corrected chi connectivity index (χ4v) is 1.44. The van der Waals surface area contributed by atoms with Gasteiger partial charge in [0.2, 0.25) is 0 Å². The van der Waals surface area contributed by atoms with Gasteiger partial charge in [0, 0.05) is 0 Å². The maximum atomic E-state index is 10.3. The zero-order valence-corrected chi connectivity index (χ0v) is 9.54. The summed E-state index contributed by atoms with van der Waals surface area (Å²) in [6.45, 7) is 8.09. The van der Waals surface area contributed by atoms with Crippen LogP contribution in [0.1, 0.15) is 38.8 Å². The first-order valence-corrected chi connectivity index (χ1v) is 5.30. The Morgan fingerprint density at radius 1 is 1.36 bits per heavy atom. The molecule has 1 aromatic rings. The van der Waals surface area contributed by atoms with Crippen LogP contribution in [0.25, 0.3) is 0 Å². The van der Waals surface area contributed by atoms with Crippen LogP contribution in [0.3, 0.4) is 0 Å². The largest absolute Gasteiger partial charge is 0.385 e. The van der Waals surface area contributed by atoms with Crippen molar-refractivity contribution in [3.05, 3.63) is 35.4 Å². The Kier molecular flexibility index (Phi) is 3.33. The molecule has 0 aliphatic carbocycles. The molecule has 0 saturated carbocycles. The Bertz CT molecular complexity index is 300. The van der Waals surface area contributed by atoms with E-state index in [9.17, 15) is 5.11 Å². The van der Waals surface area contributed by atoms with E-state index in [-0.39, 0.29) is 5.92 Å². The van der Waals surface area contributed by atoms with Gasteiger partial charge in [0.25, 0.3) is 0 Å². The highest BCUT2D eigenvalue weighted by molar-refractivity contribution is 5.28.